The molecule has 1 aromatic heterocycles. The molecule has 142 valence electrons. The minimum Gasteiger partial charge on any atom is -0.467 e. The maximum absolute atomic E-state index is 12.6. The van der Waals surface area contributed by atoms with Crippen molar-refractivity contribution < 1.29 is 14.3 Å². The number of rotatable bonds is 6. The molecule has 2 aromatic carbocycles. The van der Waals surface area contributed by atoms with Gasteiger partial charge in [-0.2, -0.15) is 0 Å². The molecular weight excluding hydrogens is 376 g/mol. The maximum atomic E-state index is 12.6. The van der Waals surface area contributed by atoms with Gasteiger partial charge in [-0.1, -0.05) is 54.1 Å². The first-order valence-electron chi connectivity index (χ1n) is 8.71. The molecule has 0 spiro atoms. The van der Waals surface area contributed by atoms with Crippen molar-refractivity contribution >= 4 is 23.5 Å². The molecule has 5 nitrogen and oxygen atoms in total. The summed E-state index contributed by atoms with van der Waals surface area (Å²) in [5.74, 6) is -0.909. The van der Waals surface area contributed by atoms with Gasteiger partial charge < -0.3 is 10.1 Å². The number of carbonyl (C=O) groups excluding carboxylic acids is 2. The van der Waals surface area contributed by atoms with Crippen molar-refractivity contribution in [3.8, 4) is 11.3 Å². The Morgan fingerprint density at radius 2 is 1.75 bits per heavy atom. The highest BCUT2D eigenvalue weighted by Crippen LogP contribution is 2.16. The number of esters is 1. The van der Waals surface area contributed by atoms with E-state index in [1.54, 1.807) is 36.4 Å². The van der Waals surface area contributed by atoms with Crippen LogP contribution in [0.2, 0.25) is 5.02 Å². The number of benzene rings is 2. The van der Waals surface area contributed by atoms with Gasteiger partial charge in [-0.05, 0) is 29.8 Å². The summed E-state index contributed by atoms with van der Waals surface area (Å²) in [5, 5.41) is 3.32. The number of amides is 1. The second-order valence-corrected chi connectivity index (χ2v) is 6.61. The highest BCUT2D eigenvalue weighted by Gasteiger charge is 2.22. The molecule has 0 aliphatic carbocycles. The van der Waals surface area contributed by atoms with Crippen LogP contribution in [0.15, 0.2) is 72.9 Å². The molecule has 0 saturated heterocycles. The number of hydrogen-bond acceptors (Lipinski definition) is 4. The summed E-state index contributed by atoms with van der Waals surface area (Å²) in [7, 11) is 1.29. The Bertz CT molecular complexity index is 942. The van der Waals surface area contributed by atoms with Gasteiger partial charge in [0.05, 0.1) is 18.4 Å². The molecule has 1 unspecified atom stereocenters. The third-order valence-electron chi connectivity index (χ3n) is 4.24. The minimum atomic E-state index is -0.813. The van der Waals surface area contributed by atoms with Gasteiger partial charge in [0.2, 0.25) is 0 Å². The number of halogens is 1. The molecule has 0 bridgehead atoms. The lowest BCUT2D eigenvalue weighted by atomic mass is 10.1. The fourth-order valence-corrected chi connectivity index (χ4v) is 2.87. The molecule has 0 radical (unpaired) electrons. The van der Waals surface area contributed by atoms with Crippen LogP contribution >= 0.6 is 11.6 Å². The van der Waals surface area contributed by atoms with Gasteiger partial charge in [-0.15, -0.1) is 0 Å². The molecule has 1 amide bonds. The molecule has 6 heteroatoms. The van der Waals surface area contributed by atoms with Crippen LogP contribution in [0.3, 0.4) is 0 Å². The molecule has 1 atom stereocenters. The molecule has 0 aliphatic heterocycles. The van der Waals surface area contributed by atoms with Crippen LogP contribution in [0.4, 0.5) is 0 Å². The monoisotopic (exact) mass is 394 g/mol. The third-order valence-corrected chi connectivity index (χ3v) is 4.49. The van der Waals surface area contributed by atoms with Gasteiger partial charge in [0.15, 0.2) is 0 Å². The summed E-state index contributed by atoms with van der Waals surface area (Å²) in [5.41, 5.74) is 2.95. The van der Waals surface area contributed by atoms with Crippen LogP contribution in [0, 0.1) is 0 Å². The molecule has 1 heterocycles. The topological polar surface area (TPSA) is 68.3 Å². The third kappa shape index (κ3) is 4.96. The van der Waals surface area contributed by atoms with Gasteiger partial charge in [0, 0.05) is 23.2 Å². The molecule has 3 aromatic rings. The predicted octanol–water partition coefficient (Wildman–Crippen LogP) is 3.92. The van der Waals surface area contributed by atoms with E-state index >= 15 is 0 Å². The number of pyridine rings is 1. The Morgan fingerprint density at radius 3 is 2.36 bits per heavy atom. The highest BCUT2D eigenvalue weighted by molar-refractivity contribution is 6.30. The number of nitrogens with zero attached hydrogens (tertiary/aromatic N) is 1. The average molecular weight is 395 g/mol. The Labute approximate surface area is 168 Å². The first kappa shape index (κ1) is 19.6. The zero-order valence-electron chi connectivity index (χ0n) is 15.3. The van der Waals surface area contributed by atoms with E-state index in [4.69, 9.17) is 16.3 Å². The lowest BCUT2D eigenvalue weighted by Gasteiger charge is -2.17. The number of ether oxygens (including phenoxy) is 1. The first-order valence-corrected chi connectivity index (χ1v) is 9.09. The summed E-state index contributed by atoms with van der Waals surface area (Å²) >= 11 is 5.89. The lowest BCUT2D eigenvalue weighted by Crippen LogP contribution is -2.43. The normalized spacial score (nSPS) is 11.5. The predicted molar refractivity (Wildman–Crippen MR) is 108 cm³/mol. The van der Waals surface area contributed by atoms with Crippen molar-refractivity contribution in [3.63, 3.8) is 0 Å². The molecule has 0 fully saturated rings. The van der Waals surface area contributed by atoms with Crippen molar-refractivity contribution in [1.82, 2.24) is 10.3 Å². The van der Waals surface area contributed by atoms with E-state index in [0.29, 0.717) is 17.0 Å². The summed E-state index contributed by atoms with van der Waals surface area (Å²) in [6.07, 6.45) is 1.79. The SMILES string of the molecule is COC(=O)C(Cc1ccc(Cl)cc1)NC(=O)c1ccc(-c2ccccc2)nc1. The summed E-state index contributed by atoms with van der Waals surface area (Å²) in [6.45, 7) is 0. The molecule has 0 saturated carbocycles. The summed E-state index contributed by atoms with van der Waals surface area (Å²) < 4.78 is 4.83. The number of aromatic nitrogens is 1. The van der Waals surface area contributed by atoms with Crippen LogP contribution in [0.25, 0.3) is 11.3 Å². The minimum absolute atomic E-state index is 0.297. The smallest absolute Gasteiger partial charge is 0.328 e. The van der Waals surface area contributed by atoms with E-state index in [0.717, 1.165) is 16.8 Å². The first-order chi connectivity index (χ1) is 13.6. The van der Waals surface area contributed by atoms with Crippen molar-refractivity contribution in [2.75, 3.05) is 7.11 Å². The van der Waals surface area contributed by atoms with Gasteiger partial charge >= 0.3 is 5.97 Å². The van der Waals surface area contributed by atoms with Crippen molar-refractivity contribution in [3.05, 3.63) is 89.1 Å². The van der Waals surface area contributed by atoms with Crippen LogP contribution in [-0.2, 0) is 16.0 Å². The van der Waals surface area contributed by atoms with Crippen molar-refractivity contribution in [2.24, 2.45) is 0 Å². The highest BCUT2D eigenvalue weighted by atomic mass is 35.5. The van der Waals surface area contributed by atoms with Crippen LogP contribution in [-0.4, -0.2) is 30.0 Å². The zero-order chi connectivity index (χ0) is 19.9. The van der Waals surface area contributed by atoms with E-state index < -0.39 is 17.9 Å². The summed E-state index contributed by atoms with van der Waals surface area (Å²) in [6, 6.07) is 19.4. The van der Waals surface area contributed by atoms with E-state index in [2.05, 4.69) is 10.3 Å². The quantitative estimate of drug-likeness (QED) is 0.643. The maximum Gasteiger partial charge on any atom is 0.328 e. The molecule has 0 aliphatic rings. The van der Waals surface area contributed by atoms with Gasteiger partial charge in [-0.3, -0.25) is 9.78 Å². The van der Waals surface area contributed by atoms with Gasteiger partial charge in [-0.25, -0.2) is 4.79 Å². The van der Waals surface area contributed by atoms with E-state index in [1.807, 2.05) is 30.3 Å². The van der Waals surface area contributed by atoms with Crippen LogP contribution in [0.1, 0.15) is 15.9 Å². The van der Waals surface area contributed by atoms with Crippen LogP contribution < -0.4 is 5.32 Å². The summed E-state index contributed by atoms with van der Waals surface area (Å²) in [4.78, 5) is 29.0. The standard InChI is InChI=1S/C22H19ClN2O3/c1-28-22(27)20(13-15-7-10-18(23)11-8-15)25-21(26)17-9-12-19(24-14-17)16-5-3-2-4-6-16/h2-12,14,20H,13H2,1H3,(H,25,26). The van der Waals surface area contributed by atoms with Crippen LogP contribution in [0.5, 0.6) is 0 Å². The second kappa shape index (κ2) is 9.15. The Balaban J connectivity index is 1.72. The number of methoxy groups -OCH3 is 1. The lowest BCUT2D eigenvalue weighted by molar-refractivity contribution is -0.142. The van der Waals surface area contributed by atoms with Crippen molar-refractivity contribution in [2.45, 2.75) is 12.5 Å². The average Bonchev–Trinajstić information content (AvgIpc) is 2.75. The fourth-order valence-electron chi connectivity index (χ4n) is 2.74. The second-order valence-electron chi connectivity index (χ2n) is 6.18. The van der Waals surface area contributed by atoms with E-state index in [9.17, 15) is 9.59 Å². The molecule has 28 heavy (non-hydrogen) atoms. The number of hydrogen-bond donors (Lipinski definition) is 1. The van der Waals surface area contributed by atoms with E-state index in [1.165, 1.54) is 13.3 Å². The molecule has 3 rings (SSSR count). The van der Waals surface area contributed by atoms with Crippen molar-refractivity contribution in [1.29, 1.82) is 0 Å². The number of carbonyl (C=O) groups is 2. The van der Waals surface area contributed by atoms with Gasteiger partial charge in [0.1, 0.15) is 6.04 Å². The number of nitrogens with one attached hydrogen (secondary N) is 1. The van der Waals surface area contributed by atoms with E-state index in [-0.39, 0.29) is 0 Å². The van der Waals surface area contributed by atoms with Gasteiger partial charge in [0.25, 0.3) is 5.91 Å². The zero-order valence-corrected chi connectivity index (χ0v) is 16.0. The largest absolute Gasteiger partial charge is 0.467 e. The molecule has 1 N–H and O–H groups in total. The molecular formula is C22H19ClN2O3. The Morgan fingerprint density at radius 1 is 1.04 bits per heavy atom. The Kier molecular flexibility index (Phi) is 6.40. The Hall–Kier alpha value is -3.18. The fraction of sp³-hybridized carbons (Fsp3) is 0.136.